The molecule has 0 unspecified atom stereocenters. The first-order valence-corrected chi connectivity index (χ1v) is 8.97. The normalized spacial score (nSPS) is 11.5. The summed E-state index contributed by atoms with van der Waals surface area (Å²) in [5, 5.41) is 8.91. The highest BCUT2D eigenvalue weighted by atomic mass is 79.9. The van der Waals surface area contributed by atoms with E-state index in [9.17, 15) is 13.2 Å². The van der Waals surface area contributed by atoms with Gasteiger partial charge in [-0.2, -0.15) is 0 Å². The first-order valence-electron chi connectivity index (χ1n) is 5.88. The monoisotopic (exact) mass is 389 g/mol. The third kappa shape index (κ3) is 3.70. The molecule has 0 bridgehead atoms. The summed E-state index contributed by atoms with van der Waals surface area (Å²) in [5.41, 5.74) is 1.85. The number of carboxylic acids is 1. The van der Waals surface area contributed by atoms with Crippen LogP contribution in [0.25, 0.3) is 0 Å². The van der Waals surface area contributed by atoms with Crippen molar-refractivity contribution in [1.82, 2.24) is 4.72 Å². The fourth-order valence-corrected chi connectivity index (χ4v) is 5.11. The zero-order chi connectivity index (χ0) is 15.6. The van der Waals surface area contributed by atoms with E-state index in [1.807, 2.05) is 31.2 Å². The lowest BCUT2D eigenvalue weighted by atomic mass is 10.1. The Morgan fingerprint density at radius 3 is 2.62 bits per heavy atom. The van der Waals surface area contributed by atoms with Crippen molar-refractivity contribution in [3.05, 3.63) is 50.1 Å². The fourth-order valence-electron chi connectivity index (χ4n) is 1.70. The Morgan fingerprint density at radius 2 is 2.05 bits per heavy atom. The van der Waals surface area contributed by atoms with Gasteiger partial charge >= 0.3 is 5.97 Å². The maximum Gasteiger partial charge on any atom is 0.345 e. The van der Waals surface area contributed by atoms with Crippen LogP contribution in [0.1, 0.15) is 20.8 Å². The predicted molar refractivity (Wildman–Crippen MR) is 84.2 cm³/mol. The molecule has 1 heterocycles. The van der Waals surface area contributed by atoms with Crippen LogP contribution in [0.2, 0.25) is 0 Å². The van der Waals surface area contributed by atoms with Crippen molar-refractivity contribution in [3.63, 3.8) is 0 Å². The first-order chi connectivity index (χ1) is 9.81. The lowest BCUT2D eigenvalue weighted by Crippen LogP contribution is -2.23. The number of hydrogen-bond donors (Lipinski definition) is 2. The molecular weight excluding hydrogens is 378 g/mol. The number of rotatable bonds is 5. The van der Waals surface area contributed by atoms with Gasteiger partial charge in [0.15, 0.2) is 0 Å². The summed E-state index contributed by atoms with van der Waals surface area (Å²) in [6.45, 7) is 2.05. The van der Waals surface area contributed by atoms with E-state index < -0.39 is 16.0 Å². The van der Waals surface area contributed by atoms with Gasteiger partial charge in [-0.15, -0.1) is 11.3 Å². The molecule has 112 valence electrons. The smallest absolute Gasteiger partial charge is 0.345 e. The van der Waals surface area contributed by atoms with Crippen molar-refractivity contribution in [3.8, 4) is 0 Å². The van der Waals surface area contributed by atoms with Crippen molar-refractivity contribution >= 4 is 43.3 Å². The van der Waals surface area contributed by atoms with Crippen LogP contribution < -0.4 is 4.72 Å². The molecule has 0 aliphatic heterocycles. The van der Waals surface area contributed by atoms with Gasteiger partial charge in [-0.1, -0.05) is 24.3 Å². The number of benzene rings is 1. The van der Waals surface area contributed by atoms with Gasteiger partial charge in [0, 0.05) is 6.54 Å². The summed E-state index contributed by atoms with van der Waals surface area (Å²) in [6.07, 6.45) is 0. The van der Waals surface area contributed by atoms with Gasteiger partial charge in [-0.25, -0.2) is 17.9 Å². The van der Waals surface area contributed by atoms with E-state index in [1.165, 1.54) is 0 Å². The maximum absolute atomic E-state index is 12.2. The van der Waals surface area contributed by atoms with Crippen LogP contribution in [-0.2, 0) is 16.6 Å². The molecule has 2 N–H and O–H groups in total. The van der Waals surface area contributed by atoms with Crippen LogP contribution in [0, 0.1) is 6.92 Å². The summed E-state index contributed by atoms with van der Waals surface area (Å²) >= 11 is 3.97. The van der Waals surface area contributed by atoms with Gasteiger partial charge in [0.25, 0.3) is 0 Å². The average molecular weight is 390 g/mol. The summed E-state index contributed by atoms with van der Waals surface area (Å²) in [4.78, 5) is 10.8. The highest BCUT2D eigenvalue weighted by Gasteiger charge is 2.23. The molecule has 5 nitrogen and oxygen atoms in total. The van der Waals surface area contributed by atoms with Crippen molar-refractivity contribution < 1.29 is 18.3 Å². The second-order valence-corrected chi connectivity index (χ2v) is 8.41. The second-order valence-electron chi connectivity index (χ2n) is 4.30. The average Bonchev–Trinajstić information content (AvgIpc) is 2.81. The minimum Gasteiger partial charge on any atom is -0.477 e. The Balaban J connectivity index is 2.23. The van der Waals surface area contributed by atoms with Crippen LogP contribution in [0.5, 0.6) is 0 Å². The molecule has 0 atom stereocenters. The topological polar surface area (TPSA) is 83.5 Å². The molecular formula is C13H12BrNO4S2. The predicted octanol–water partition coefficient (Wildman–Crippen LogP) is 3.00. The van der Waals surface area contributed by atoms with Crippen LogP contribution in [-0.4, -0.2) is 19.5 Å². The van der Waals surface area contributed by atoms with Crippen LogP contribution in [0.3, 0.4) is 0 Å². The van der Waals surface area contributed by atoms with E-state index in [0.29, 0.717) is 0 Å². The Bertz CT molecular complexity index is 783. The number of carboxylic acid groups (broad SMARTS) is 1. The Kier molecular flexibility index (Phi) is 4.82. The minimum absolute atomic E-state index is 0.0295. The molecule has 0 saturated carbocycles. The van der Waals surface area contributed by atoms with E-state index in [4.69, 9.17) is 5.11 Å². The molecule has 0 aliphatic carbocycles. The molecule has 2 rings (SSSR count). The first kappa shape index (κ1) is 16.2. The van der Waals surface area contributed by atoms with Crippen molar-refractivity contribution in [1.29, 1.82) is 0 Å². The van der Waals surface area contributed by atoms with Crippen LogP contribution in [0.4, 0.5) is 0 Å². The van der Waals surface area contributed by atoms with Gasteiger partial charge in [0.05, 0.1) is 3.79 Å². The molecule has 0 spiro atoms. The molecule has 8 heteroatoms. The molecule has 0 aliphatic rings. The molecule has 0 radical (unpaired) electrons. The van der Waals surface area contributed by atoms with E-state index >= 15 is 0 Å². The molecule has 0 saturated heterocycles. The van der Waals surface area contributed by atoms with Gasteiger partial charge in [-0.3, -0.25) is 0 Å². The van der Waals surface area contributed by atoms with Crippen molar-refractivity contribution in [2.75, 3.05) is 0 Å². The van der Waals surface area contributed by atoms with E-state index in [1.54, 1.807) is 0 Å². The van der Waals surface area contributed by atoms with Gasteiger partial charge in [-0.05, 0) is 40.0 Å². The van der Waals surface area contributed by atoms with Crippen LogP contribution in [0.15, 0.2) is 39.0 Å². The number of hydrogen-bond acceptors (Lipinski definition) is 4. The summed E-state index contributed by atoms with van der Waals surface area (Å²) in [5.74, 6) is -1.15. The Morgan fingerprint density at radius 1 is 1.38 bits per heavy atom. The third-order valence-electron chi connectivity index (χ3n) is 2.87. The third-order valence-corrected chi connectivity index (χ3v) is 6.51. The molecule has 1 aromatic carbocycles. The number of nitrogens with one attached hydrogen (secondary N) is 1. The van der Waals surface area contributed by atoms with Crippen LogP contribution >= 0.6 is 27.3 Å². The number of aromatic carboxylic acids is 1. The summed E-state index contributed by atoms with van der Waals surface area (Å²) < 4.78 is 27.2. The summed E-state index contributed by atoms with van der Waals surface area (Å²) in [7, 11) is -3.77. The number of aryl methyl sites for hydroxylation is 1. The number of sulfonamides is 1. The molecule has 2 aromatic rings. The van der Waals surface area contributed by atoms with Crippen molar-refractivity contribution in [2.45, 2.75) is 18.4 Å². The number of thiophene rings is 1. The Labute approximate surface area is 134 Å². The zero-order valence-electron chi connectivity index (χ0n) is 11.0. The van der Waals surface area contributed by atoms with E-state index in [2.05, 4.69) is 20.7 Å². The zero-order valence-corrected chi connectivity index (χ0v) is 14.2. The number of halogens is 1. The van der Waals surface area contributed by atoms with Gasteiger partial charge in [0.1, 0.15) is 9.77 Å². The maximum atomic E-state index is 12.2. The fraction of sp³-hybridized carbons (Fsp3) is 0.154. The SMILES string of the molecule is Cc1ccccc1CNS(=O)(=O)c1cc(C(=O)O)sc1Br. The van der Waals surface area contributed by atoms with Gasteiger partial charge in [0.2, 0.25) is 10.0 Å². The Hall–Kier alpha value is -1.22. The molecule has 0 amide bonds. The van der Waals surface area contributed by atoms with E-state index in [0.717, 1.165) is 28.5 Å². The lowest BCUT2D eigenvalue weighted by molar-refractivity contribution is 0.0702. The highest BCUT2D eigenvalue weighted by Crippen LogP contribution is 2.31. The standard InChI is InChI=1S/C13H12BrNO4S2/c1-8-4-2-3-5-9(8)7-15-21(18,19)11-6-10(13(16)17)20-12(11)14/h2-6,15H,7H2,1H3,(H,16,17). The molecule has 21 heavy (non-hydrogen) atoms. The summed E-state index contributed by atoms with van der Waals surface area (Å²) in [6, 6.07) is 8.59. The quantitative estimate of drug-likeness (QED) is 0.822. The lowest BCUT2D eigenvalue weighted by Gasteiger charge is -2.08. The number of carbonyl (C=O) groups is 1. The van der Waals surface area contributed by atoms with Gasteiger partial charge < -0.3 is 5.11 Å². The van der Waals surface area contributed by atoms with E-state index in [-0.39, 0.29) is 20.1 Å². The largest absolute Gasteiger partial charge is 0.477 e. The van der Waals surface area contributed by atoms with Crippen molar-refractivity contribution in [2.24, 2.45) is 0 Å². The second kappa shape index (κ2) is 6.27. The molecule has 0 fully saturated rings. The highest BCUT2D eigenvalue weighted by molar-refractivity contribution is 9.11. The molecule has 1 aromatic heterocycles. The minimum atomic E-state index is -3.77.